The first kappa shape index (κ1) is 32.5. The highest BCUT2D eigenvalue weighted by Crippen LogP contribution is 2.40. The van der Waals surface area contributed by atoms with Crippen molar-refractivity contribution >= 4 is 29.0 Å². The van der Waals surface area contributed by atoms with Gasteiger partial charge in [-0.25, -0.2) is 27.5 Å². The van der Waals surface area contributed by atoms with Gasteiger partial charge in [-0.15, -0.1) is 11.3 Å². The maximum Gasteiger partial charge on any atom is 0.405 e. The molecule has 1 atom stereocenters. The summed E-state index contributed by atoms with van der Waals surface area (Å²) in [6.45, 7) is 3.78. The van der Waals surface area contributed by atoms with Gasteiger partial charge in [-0.3, -0.25) is 9.59 Å². The summed E-state index contributed by atoms with van der Waals surface area (Å²) in [6, 6.07) is -0.454. The fourth-order valence-electron chi connectivity index (χ4n) is 4.38. The molecule has 1 unspecified atom stereocenters. The Morgan fingerprint density at radius 2 is 1.88 bits per heavy atom. The molecule has 2 amide bonds. The minimum absolute atomic E-state index is 0.232. The second-order valence-electron chi connectivity index (χ2n) is 9.33. The standard InChI is InChI=1S/C23H24F7N5O3S.C2H6/c1-11-7-22(26,27)10-35(11)21(37)16-17(39-20(34-16)19(36)33-12-2-4-38-5-3-12)14-8-31-15(6-13(14)18(24)25)32-9-23(28,29)30;1-2/h6,8,11-12,18H,2-5,7,9-10H2,1H3,(H,31,32)(H,33,36);1-2H3. The number of hydrogen-bond acceptors (Lipinski definition) is 7. The van der Waals surface area contributed by atoms with Crippen molar-refractivity contribution in [2.45, 2.75) is 70.6 Å². The second-order valence-corrected chi connectivity index (χ2v) is 10.3. The molecule has 4 heterocycles. The molecule has 2 fully saturated rings. The Bertz CT molecular complexity index is 1220. The molecule has 0 aliphatic carbocycles. The summed E-state index contributed by atoms with van der Waals surface area (Å²) in [5.74, 6) is -5.35. The topological polar surface area (TPSA) is 96.5 Å². The average Bonchev–Trinajstić information content (AvgIpc) is 3.48. The van der Waals surface area contributed by atoms with Crippen molar-refractivity contribution in [1.29, 1.82) is 0 Å². The number of hydrogen-bond donors (Lipinski definition) is 2. The molecular weight excluding hydrogens is 583 g/mol. The van der Waals surface area contributed by atoms with E-state index < -0.39 is 73.0 Å². The molecule has 0 bridgehead atoms. The van der Waals surface area contributed by atoms with Gasteiger partial charge in [-0.1, -0.05) is 13.8 Å². The molecular formula is C25H30F7N5O3S. The molecule has 4 rings (SSSR count). The van der Waals surface area contributed by atoms with Crippen LogP contribution in [0.1, 0.15) is 72.3 Å². The lowest BCUT2D eigenvalue weighted by Gasteiger charge is -2.22. The molecule has 41 heavy (non-hydrogen) atoms. The van der Waals surface area contributed by atoms with Gasteiger partial charge in [0, 0.05) is 49.0 Å². The van der Waals surface area contributed by atoms with Gasteiger partial charge in [-0.05, 0) is 25.8 Å². The smallest absolute Gasteiger partial charge is 0.381 e. The zero-order valence-electron chi connectivity index (χ0n) is 22.5. The Balaban J connectivity index is 0.00000226. The quantitative estimate of drug-likeness (QED) is 0.377. The van der Waals surface area contributed by atoms with E-state index in [1.807, 2.05) is 19.2 Å². The normalized spacial score (nSPS) is 19.1. The van der Waals surface area contributed by atoms with E-state index in [0.29, 0.717) is 43.5 Å². The van der Waals surface area contributed by atoms with Crippen LogP contribution in [-0.2, 0) is 4.74 Å². The Kier molecular flexibility index (Phi) is 10.6. The van der Waals surface area contributed by atoms with Crippen LogP contribution >= 0.6 is 11.3 Å². The number of halogens is 7. The van der Waals surface area contributed by atoms with Gasteiger partial charge in [-0.2, -0.15) is 13.2 Å². The Morgan fingerprint density at radius 1 is 1.22 bits per heavy atom. The number of likely N-dealkylation sites (tertiary alicyclic amines) is 1. The van der Waals surface area contributed by atoms with Crippen LogP contribution in [-0.4, -0.2) is 77.2 Å². The van der Waals surface area contributed by atoms with Crippen LogP contribution < -0.4 is 10.6 Å². The van der Waals surface area contributed by atoms with Crippen molar-refractivity contribution in [3.05, 3.63) is 28.5 Å². The first-order valence-electron chi connectivity index (χ1n) is 12.9. The molecule has 0 spiro atoms. The number of alkyl halides is 7. The van der Waals surface area contributed by atoms with Crippen LogP contribution in [0.25, 0.3) is 10.4 Å². The van der Waals surface area contributed by atoms with E-state index in [9.17, 15) is 40.3 Å². The summed E-state index contributed by atoms with van der Waals surface area (Å²) >= 11 is 0.589. The number of ether oxygens (including phenoxy) is 1. The summed E-state index contributed by atoms with van der Waals surface area (Å²) in [6.07, 6.45) is -6.59. The number of pyridine rings is 1. The Labute approximate surface area is 235 Å². The zero-order chi connectivity index (χ0) is 30.5. The predicted molar refractivity (Wildman–Crippen MR) is 138 cm³/mol. The second kappa shape index (κ2) is 13.3. The number of thiazole rings is 1. The minimum atomic E-state index is -4.64. The van der Waals surface area contributed by atoms with E-state index >= 15 is 0 Å². The van der Waals surface area contributed by atoms with Crippen molar-refractivity contribution < 1.29 is 45.1 Å². The van der Waals surface area contributed by atoms with Gasteiger partial charge < -0.3 is 20.3 Å². The van der Waals surface area contributed by atoms with E-state index in [-0.39, 0.29) is 21.5 Å². The number of amides is 2. The molecule has 2 aliphatic heterocycles. The van der Waals surface area contributed by atoms with E-state index in [4.69, 9.17) is 4.74 Å². The number of nitrogens with zero attached hydrogens (tertiary/aromatic N) is 3. The van der Waals surface area contributed by atoms with Crippen LogP contribution in [0.2, 0.25) is 0 Å². The average molecular weight is 614 g/mol. The maximum absolute atomic E-state index is 14.1. The van der Waals surface area contributed by atoms with Crippen LogP contribution in [0.5, 0.6) is 0 Å². The van der Waals surface area contributed by atoms with Crippen LogP contribution in [0.4, 0.5) is 36.6 Å². The van der Waals surface area contributed by atoms with E-state index in [1.165, 1.54) is 6.92 Å². The number of nitrogens with one attached hydrogen (secondary N) is 2. The molecule has 2 aliphatic rings. The lowest BCUT2D eigenvalue weighted by molar-refractivity contribution is -0.115. The fraction of sp³-hybridized carbons (Fsp3) is 0.600. The SMILES string of the molecule is CC.CC1CC(F)(F)CN1C(=O)c1nc(C(=O)NC2CCOCC2)sc1-c1cnc(NCC(F)(F)F)cc1C(F)F. The van der Waals surface area contributed by atoms with Crippen molar-refractivity contribution in [3.8, 4) is 10.4 Å². The Morgan fingerprint density at radius 3 is 2.44 bits per heavy atom. The highest BCUT2D eigenvalue weighted by molar-refractivity contribution is 7.17. The summed E-state index contributed by atoms with van der Waals surface area (Å²) in [4.78, 5) is 34.8. The largest absolute Gasteiger partial charge is 0.405 e. The van der Waals surface area contributed by atoms with Crippen molar-refractivity contribution in [1.82, 2.24) is 20.2 Å². The Hall–Kier alpha value is -3.01. The third-order valence-electron chi connectivity index (χ3n) is 6.25. The molecule has 8 nitrogen and oxygen atoms in total. The molecule has 0 radical (unpaired) electrons. The van der Waals surface area contributed by atoms with E-state index in [1.54, 1.807) is 0 Å². The van der Waals surface area contributed by atoms with Crippen molar-refractivity contribution in [2.75, 3.05) is 31.6 Å². The fourth-order valence-corrected chi connectivity index (χ4v) is 5.37. The summed E-state index contributed by atoms with van der Waals surface area (Å²) in [7, 11) is 0. The molecule has 2 N–H and O–H groups in total. The lowest BCUT2D eigenvalue weighted by atomic mass is 10.1. The minimum Gasteiger partial charge on any atom is -0.381 e. The molecule has 228 valence electrons. The van der Waals surface area contributed by atoms with Gasteiger partial charge >= 0.3 is 6.18 Å². The van der Waals surface area contributed by atoms with E-state index in [2.05, 4.69) is 15.3 Å². The molecule has 16 heteroatoms. The van der Waals surface area contributed by atoms with Gasteiger partial charge in [0.15, 0.2) is 5.01 Å². The first-order chi connectivity index (χ1) is 19.2. The number of aromatic nitrogens is 2. The van der Waals surface area contributed by atoms with Gasteiger partial charge in [0.2, 0.25) is 0 Å². The molecule has 0 aromatic carbocycles. The predicted octanol–water partition coefficient (Wildman–Crippen LogP) is 5.92. The van der Waals surface area contributed by atoms with Gasteiger partial charge in [0.25, 0.3) is 24.2 Å². The lowest BCUT2D eigenvalue weighted by Crippen LogP contribution is -2.39. The van der Waals surface area contributed by atoms with E-state index in [0.717, 1.165) is 11.1 Å². The molecule has 2 aromatic rings. The van der Waals surface area contributed by atoms with Crippen molar-refractivity contribution in [2.24, 2.45) is 0 Å². The third-order valence-corrected chi connectivity index (χ3v) is 7.34. The first-order valence-corrected chi connectivity index (χ1v) is 13.7. The molecule has 0 saturated carbocycles. The number of carbonyl (C=O) groups excluding carboxylic acids is 2. The van der Waals surface area contributed by atoms with Crippen LogP contribution in [0, 0.1) is 0 Å². The summed E-state index contributed by atoms with van der Waals surface area (Å²) in [5, 5.41) is 4.38. The molecule has 2 aromatic heterocycles. The van der Waals surface area contributed by atoms with Crippen molar-refractivity contribution in [3.63, 3.8) is 0 Å². The van der Waals surface area contributed by atoms with Crippen LogP contribution in [0.3, 0.4) is 0 Å². The number of rotatable bonds is 7. The third kappa shape index (κ3) is 8.27. The highest BCUT2D eigenvalue weighted by Gasteiger charge is 2.46. The van der Waals surface area contributed by atoms with Gasteiger partial charge in [0.1, 0.15) is 18.1 Å². The van der Waals surface area contributed by atoms with Gasteiger partial charge in [0.05, 0.1) is 11.4 Å². The highest BCUT2D eigenvalue weighted by atomic mass is 32.1. The summed E-state index contributed by atoms with van der Waals surface area (Å²) in [5.41, 5.74) is -1.63. The molecule has 2 saturated heterocycles. The van der Waals surface area contributed by atoms with Crippen LogP contribution in [0.15, 0.2) is 12.3 Å². The monoisotopic (exact) mass is 613 g/mol. The number of anilines is 1. The zero-order valence-corrected chi connectivity index (χ0v) is 23.3. The summed E-state index contributed by atoms with van der Waals surface area (Å²) < 4.78 is 99.2. The maximum atomic E-state index is 14.1. The number of carbonyl (C=O) groups is 2.